The lowest BCUT2D eigenvalue weighted by Crippen LogP contribution is -2.34. The molecule has 2 aromatic rings. The number of nitro benzene ring substituents is 1. The summed E-state index contributed by atoms with van der Waals surface area (Å²) >= 11 is 5.87. The van der Waals surface area contributed by atoms with Crippen molar-refractivity contribution < 1.29 is 22.9 Å². The fourth-order valence-corrected chi connectivity index (χ4v) is 3.35. The van der Waals surface area contributed by atoms with E-state index in [0.717, 1.165) is 24.3 Å². The number of hydrogen-bond donors (Lipinski definition) is 2. The Morgan fingerprint density at radius 2 is 1.85 bits per heavy atom. The van der Waals surface area contributed by atoms with Crippen LogP contribution in [0.5, 0.6) is 5.75 Å². The van der Waals surface area contributed by atoms with Crippen molar-refractivity contribution in [1.29, 1.82) is 0 Å². The third-order valence-corrected chi connectivity index (χ3v) is 5.18. The summed E-state index contributed by atoms with van der Waals surface area (Å²) in [5, 5.41) is 13.5. The lowest BCUT2D eigenvalue weighted by molar-refractivity contribution is -0.384. The summed E-state index contributed by atoms with van der Waals surface area (Å²) < 4.78 is 31.7. The summed E-state index contributed by atoms with van der Waals surface area (Å²) in [5.41, 5.74) is 0.0138. The average molecular weight is 414 g/mol. The Kier molecular flexibility index (Phi) is 6.72. The zero-order valence-corrected chi connectivity index (χ0v) is 15.7. The van der Waals surface area contributed by atoms with Crippen LogP contribution in [-0.4, -0.2) is 39.4 Å². The van der Waals surface area contributed by atoms with Gasteiger partial charge >= 0.3 is 0 Å². The molecule has 0 spiro atoms. The number of ether oxygens (including phenoxy) is 1. The fraction of sp³-hybridized carbons (Fsp3) is 0.188. The lowest BCUT2D eigenvalue weighted by Gasteiger charge is -2.10. The van der Waals surface area contributed by atoms with E-state index in [4.69, 9.17) is 16.3 Å². The molecule has 0 heterocycles. The van der Waals surface area contributed by atoms with Crippen LogP contribution < -0.4 is 14.8 Å². The van der Waals surface area contributed by atoms with Gasteiger partial charge in [-0.2, -0.15) is 0 Å². The topological polar surface area (TPSA) is 128 Å². The number of carbonyl (C=O) groups is 1. The summed E-state index contributed by atoms with van der Waals surface area (Å²) in [6, 6.07) is 9.04. The number of non-ortho nitro benzene ring substituents is 1. The molecule has 11 heteroatoms. The van der Waals surface area contributed by atoms with Crippen LogP contribution in [0.15, 0.2) is 47.4 Å². The first-order valence-corrected chi connectivity index (χ1v) is 9.46. The molecular weight excluding hydrogens is 398 g/mol. The maximum Gasteiger partial charge on any atom is 0.269 e. The van der Waals surface area contributed by atoms with E-state index in [-0.39, 0.29) is 29.2 Å². The molecular formula is C16H16ClN3O6S. The van der Waals surface area contributed by atoms with E-state index >= 15 is 0 Å². The molecule has 0 radical (unpaired) electrons. The van der Waals surface area contributed by atoms with Crippen molar-refractivity contribution in [3.63, 3.8) is 0 Å². The van der Waals surface area contributed by atoms with Crippen molar-refractivity contribution in [2.75, 3.05) is 20.2 Å². The first-order chi connectivity index (χ1) is 12.7. The molecule has 0 unspecified atom stereocenters. The zero-order valence-electron chi connectivity index (χ0n) is 14.1. The number of halogens is 1. The van der Waals surface area contributed by atoms with Crippen molar-refractivity contribution in [3.8, 4) is 5.75 Å². The zero-order chi connectivity index (χ0) is 20.0. The van der Waals surface area contributed by atoms with Gasteiger partial charge in [-0.15, -0.1) is 0 Å². The van der Waals surface area contributed by atoms with Crippen molar-refractivity contribution in [1.82, 2.24) is 10.0 Å². The minimum atomic E-state index is -3.85. The van der Waals surface area contributed by atoms with Gasteiger partial charge in [-0.3, -0.25) is 14.9 Å². The molecule has 0 saturated carbocycles. The minimum absolute atomic E-state index is 0.0146. The van der Waals surface area contributed by atoms with Gasteiger partial charge in [-0.1, -0.05) is 11.6 Å². The summed E-state index contributed by atoms with van der Waals surface area (Å²) in [4.78, 5) is 22.0. The van der Waals surface area contributed by atoms with Crippen LogP contribution in [0.25, 0.3) is 0 Å². The Morgan fingerprint density at radius 3 is 2.44 bits per heavy atom. The highest BCUT2D eigenvalue weighted by Crippen LogP contribution is 2.22. The van der Waals surface area contributed by atoms with E-state index in [2.05, 4.69) is 10.0 Å². The van der Waals surface area contributed by atoms with Gasteiger partial charge in [0.1, 0.15) is 5.75 Å². The van der Waals surface area contributed by atoms with Gasteiger partial charge in [0, 0.05) is 30.2 Å². The van der Waals surface area contributed by atoms with E-state index in [1.54, 1.807) is 12.1 Å². The number of carbonyl (C=O) groups excluding carboxylic acids is 1. The highest BCUT2D eigenvalue weighted by Gasteiger charge is 2.16. The molecule has 144 valence electrons. The molecule has 0 atom stereocenters. The number of hydrogen-bond acceptors (Lipinski definition) is 6. The second-order valence-electron chi connectivity index (χ2n) is 5.25. The van der Waals surface area contributed by atoms with Gasteiger partial charge in [-0.05, 0) is 30.3 Å². The summed E-state index contributed by atoms with van der Waals surface area (Å²) in [6.07, 6.45) is 0. The van der Waals surface area contributed by atoms with Crippen molar-refractivity contribution in [2.45, 2.75) is 4.90 Å². The quantitative estimate of drug-likeness (QED) is 0.387. The predicted octanol–water partition coefficient (Wildman–Crippen LogP) is 1.97. The number of nitrogens with one attached hydrogen (secondary N) is 2. The third-order valence-electron chi connectivity index (χ3n) is 3.47. The van der Waals surface area contributed by atoms with Gasteiger partial charge in [0.15, 0.2) is 0 Å². The van der Waals surface area contributed by atoms with Crippen LogP contribution in [0, 0.1) is 10.1 Å². The predicted molar refractivity (Wildman–Crippen MR) is 98.6 cm³/mol. The summed E-state index contributed by atoms with van der Waals surface area (Å²) in [6.45, 7) is -0.0609. The van der Waals surface area contributed by atoms with Gasteiger partial charge in [-0.25, -0.2) is 13.1 Å². The van der Waals surface area contributed by atoms with Crippen LogP contribution in [0.4, 0.5) is 5.69 Å². The highest BCUT2D eigenvalue weighted by molar-refractivity contribution is 7.89. The van der Waals surface area contributed by atoms with E-state index in [0.29, 0.717) is 10.8 Å². The number of sulfonamides is 1. The Bertz CT molecular complexity index is 947. The van der Waals surface area contributed by atoms with Crippen molar-refractivity contribution in [3.05, 3.63) is 63.2 Å². The molecule has 1 amide bonds. The average Bonchev–Trinajstić information content (AvgIpc) is 2.65. The minimum Gasteiger partial charge on any atom is -0.496 e. The van der Waals surface area contributed by atoms with Crippen LogP contribution in [-0.2, 0) is 10.0 Å². The number of amides is 1. The first-order valence-electron chi connectivity index (χ1n) is 7.60. The fourth-order valence-electron chi connectivity index (χ4n) is 2.14. The summed E-state index contributed by atoms with van der Waals surface area (Å²) in [5.74, 6) is -0.132. The van der Waals surface area contributed by atoms with Crippen molar-refractivity contribution in [2.24, 2.45) is 0 Å². The van der Waals surface area contributed by atoms with Crippen LogP contribution >= 0.6 is 11.6 Å². The van der Waals surface area contributed by atoms with Crippen LogP contribution in [0.2, 0.25) is 5.02 Å². The molecule has 0 aliphatic rings. The number of nitro groups is 1. The molecule has 2 rings (SSSR count). The Hall–Kier alpha value is -2.69. The SMILES string of the molecule is COc1ccc(Cl)cc1C(=O)NCCNS(=O)(=O)c1ccc([N+](=O)[O-])cc1. The normalized spacial score (nSPS) is 11.0. The first kappa shape index (κ1) is 20.6. The molecule has 0 aliphatic heterocycles. The third kappa shape index (κ3) is 5.39. The number of methoxy groups -OCH3 is 1. The molecule has 9 nitrogen and oxygen atoms in total. The van der Waals surface area contributed by atoms with Gasteiger partial charge < -0.3 is 10.1 Å². The molecule has 0 fully saturated rings. The van der Waals surface area contributed by atoms with E-state index in [1.165, 1.54) is 13.2 Å². The standard InChI is InChI=1S/C16H16ClN3O6S/c1-26-15-7-2-11(17)10-14(15)16(21)18-8-9-19-27(24,25)13-5-3-12(4-6-13)20(22)23/h2-7,10,19H,8-9H2,1H3,(H,18,21). The largest absolute Gasteiger partial charge is 0.496 e. The number of rotatable bonds is 8. The van der Waals surface area contributed by atoms with Gasteiger partial charge in [0.2, 0.25) is 10.0 Å². The lowest BCUT2D eigenvalue weighted by atomic mass is 10.2. The maximum atomic E-state index is 12.2. The molecule has 0 aliphatic carbocycles. The van der Waals surface area contributed by atoms with E-state index in [1.807, 2.05) is 0 Å². The molecule has 2 N–H and O–H groups in total. The molecule has 2 aromatic carbocycles. The smallest absolute Gasteiger partial charge is 0.269 e. The molecule has 0 aromatic heterocycles. The van der Waals surface area contributed by atoms with E-state index < -0.39 is 20.9 Å². The maximum absolute atomic E-state index is 12.2. The van der Waals surface area contributed by atoms with Crippen LogP contribution in [0.1, 0.15) is 10.4 Å². The van der Waals surface area contributed by atoms with E-state index in [9.17, 15) is 23.3 Å². The Balaban J connectivity index is 1.93. The van der Waals surface area contributed by atoms with Gasteiger partial charge in [0.25, 0.3) is 11.6 Å². The summed E-state index contributed by atoms with van der Waals surface area (Å²) in [7, 11) is -2.44. The Morgan fingerprint density at radius 1 is 1.19 bits per heavy atom. The second kappa shape index (κ2) is 8.80. The van der Waals surface area contributed by atoms with Crippen molar-refractivity contribution >= 4 is 33.2 Å². The number of benzene rings is 2. The Labute approximate surface area is 160 Å². The highest BCUT2D eigenvalue weighted by atomic mass is 35.5. The number of nitrogens with zero attached hydrogens (tertiary/aromatic N) is 1. The molecule has 27 heavy (non-hydrogen) atoms. The van der Waals surface area contributed by atoms with Gasteiger partial charge in [0.05, 0.1) is 22.5 Å². The second-order valence-corrected chi connectivity index (χ2v) is 7.45. The van der Waals surface area contributed by atoms with Crippen LogP contribution in [0.3, 0.4) is 0 Å². The molecule has 0 bridgehead atoms. The molecule has 0 saturated heterocycles. The monoisotopic (exact) mass is 413 g/mol.